The Labute approximate surface area is 136 Å². The van der Waals surface area contributed by atoms with Gasteiger partial charge in [0.25, 0.3) is 0 Å². The van der Waals surface area contributed by atoms with E-state index < -0.39 is 11.9 Å². The molecule has 0 bridgehead atoms. The van der Waals surface area contributed by atoms with E-state index in [1.165, 1.54) is 18.2 Å². The largest absolute Gasteiger partial charge is 0.490 e. The first-order valence-corrected chi connectivity index (χ1v) is 6.97. The summed E-state index contributed by atoms with van der Waals surface area (Å²) >= 11 is 5.76. The maximum atomic E-state index is 11.1. The van der Waals surface area contributed by atoms with Gasteiger partial charge in [-0.05, 0) is 42.5 Å². The van der Waals surface area contributed by atoms with Crippen LogP contribution in [-0.2, 0) is 0 Å². The van der Waals surface area contributed by atoms with Crippen molar-refractivity contribution in [3.63, 3.8) is 0 Å². The van der Waals surface area contributed by atoms with E-state index in [0.717, 1.165) is 0 Å². The smallest absolute Gasteiger partial charge is 0.336 e. The van der Waals surface area contributed by atoms with Gasteiger partial charge in [0.05, 0.1) is 11.1 Å². The Morgan fingerprint density at radius 1 is 0.826 bits per heavy atom. The minimum atomic E-state index is -1.33. The van der Waals surface area contributed by atoms with Crippen LogP contribution in [0, 0.1) is 0 Å². The first-order chi connectivity index (χ1) is 11.0. The second-order valence-corrected chi connectivity index (χ2v) is 4.90. The monoisotopic (exact) mass is 336 g/mol. The molecule has 0 aliphatic heterocycles. The summed E-state index contributed by atoms with van der Waals surface area (Å²) in [6.07, 6.45) is 0. The summed E-state index contributed by atoms with van der Waals surface area (Å²) in [6.45, 7) is 0.415. The molecule has 120 valence electrons. The minimum Gasteiger partial charge on any atom is -0.490 e. The van der Waals surface area contributed by atoms with E-state index in [1.54, 1.807) is 24.3 Å². The van der Waals surface area contributed by atoms with Crippen LogP contribution in [0.3, 0.4) is 0 Å². The summed E-state index contributed by atoms with van der Waals surface area (Å²) in [5.74, 6) is -1.75. The molecule has 2 aromatic rings. The van der Waals surface area contributed by atoms with E-state index in [4.69, 9.17) is 31.3 Å². The number of aromatic carboxylic acids is 2. The molecular formula is C16H13ClO6. The zero-order valence-electron chi connectivity index (χ0n) is 11.9. The molecule has 0 spiro atoms. The first-order valence-electron chi connectivity index (χ1n) is 6.59. The number of ether oxygens (including phenoxy) is 2. The van der Waals surface area contributed by atoms with Crippen LogP contribution in [0.15, 0.2) is 42.5 Å². The third-order valence-corrected chi connectivity index (χ3v) is 3.14. The van der Waals surface area contributed by atoms with Crippen molar-refractivity contribution in [1.82, 2.24) is 0 Å². The topological polar surface area (TPSA) is 93.1 Å². The van der Waals surface area contributed by atoms with E-state index in [9.17, 15) is 9.59 Å². The lowest BCUT2D eigenvalue weighted by Crippen LogP contribution is -2.11. The van der Waals surface area contributed by atoms with Crippen molar-refractivity contribution in [1.29, 1.82) is 0 Å². The lowest BCUT2D eigenvalue weighted by Gasteiger charge is -2.10. The molecule has 0 heterocycles. The molecular weight excluding hydrogens is 324 g/mol. The SMILES string of the molecule is O=C(O)c1ccc(OCCOc2ccc(Cl)cc2)cc1C(=O)O. The van der Waals surface area contributed by atoms with Crippen molar-refractivity contribution < 1.29 is 29.3 Å². The van der Waals surface area contributed by atoms with Crippen molar-refractivity contribution in [3.05, 3.63) is 58.6 Å². The van der Waals surface area contributed by atoms with Gasteiger partial charge in [-0.25, -0.2) is 9.59 Å². The Bertz CT molecular complexity index is 711. The fourth-order valence-corrected chi connectivity index (χ4v) is 1.95. The van der Waals surface area contributed by atoms with Gasteiger partial charge in [0.1, 0.15) is 24.7 Å². The van der Waals surface area contributed by atoms with Crippen molar-refractivity contribution >= 4 is 23.5 Å². The van der Waals surface area contributed by atoms with E-state index in [0.29, 0.717) is 10.8 Å². The second kappa shape index (κ2) is 7.51. The van der Waals surface area contributed by atoms with Gasteiger partial charge in [-0.15, -0.1) is 0 Å². The number of halogens is 1. The molecule has 7 heteroatoms. The molecule has 0 aliphatic carbocycles. The van der Waals surface area contributed by atoms with Crippen molar-refractivity contribution in [2.24, 2.45) is 0 Å². The van der Waals surface area contributed by atoms with Gasteiger partial charge < -0.3 is 19.7 Å². The highest BCUT2D eigenvalue weighted by atomic mass is 35.5. The summed E-state index contributed by atoms with van der Waals surface area (Å²) in [7, 11) is 0. The average Bonchev–Trinajstić information content (AvgIpc) is 2.53. The van der Waals surface area contributed by atoms with Crippen LogP contribution >= 0.6 is 11.6 Å². The molecule has 0 fully saturated rings. The molecule has 23 heavy (non-hydrogen) atoms. The van der Waals surface area contributed by atoms with E-state index in [2.05, 4.69) is 0 Å². The molecule has 0 saturated heterocycles. The van der Waals surface area contributed by atoms with Crippen molar-refractivity contribution in [2.75, 3.05) is 13.2 Å². The lowest BCUT2D eigenvalue weighted by molar-refractivity contribution is 0.0651. The van der Waals surface area contributed by atoms with Gasteiger partial charge in [0, 0.05) is 5.02 Å². The van der Waals surface area contributed by atoms with Gasteiger partial charge >= 0.3 is 11.9 Å². The van der Waals surface area contributed by atoms with E-state index in [1.807, 2.05) is 0 Å². The van der Waals surface area contributed by atoms with E-state index in [-0.39, 0.29) is 30.1 Å². The van der Waals surface area contributed by atoms with Crippen LogP contribution in [0.25, 0.3) is 0 Å². The maximum Gasteiger partial charge on any atom is 0.336 e. The normalized spacial score (nSPS) is 10.1. The fourth-order valence-electron chi connectivity index (χ4n) is 1.83. The van der Waals surface area contributed by atoms with Crippen LogP contribution in [-0.4, -0.2) is 35.4 Å². The molecule has 0 aromatic heterocycles. The summed E-state index contributed by atoms with van der Waals surface area (Å²) in [6, 6.07) is 10.6. The van der Waals surface area contributed by atoms with Crippen molar-refractivity contribution in [2.45, 2.75) is 0 Å². The molecule has 0 radical (unpaired) electrons. The molecule has 0 saturated carbocycles. The predicted molar refractivity (Wildman–Crippen MR) is 82.8 cm³/mol. The summed E-state index contributed by atoms with van der Waals surface area (Å²) < 4.78 is 10.8. The lowest BCUT2D eigenvalue weighted by atomic mass is 10.1. The van der Waals surface area contributed by atoms with Crippen LogP contribution in [0.2, 0.25) is 5.02 Å². The standard InChI is InChI=1S/C16H13ClO6/c17-10-1-3-11(4-2-10)22-7-8-23-12-5-6-13(15(18)19)14(9-12)16(20)21/h1-6,9H,7-8H2,(H,18,19)(H,20,21). The third-order valence-electron chi connectivity index (χ3n) is 2.89. The van der Waals surface area contributed by atoms with Crippen LogP contribution in [0.4, 0.5) is 0 Å². The highest BCUT2D eigenvalue weighted by Gasteiger charge is 2.16. The summed E-state index contributed by atoms with van der Waals surface area (Å²) in [4.78, 5) is 22.0. The number of rotatable bonds is 7. The Hall–Kier alpha value is -2.73. The summed E-state index contributed by atoms with van der Waals surface area (Å²) in [5.41, 5.74) is -0.615. The average molecular weight is 337 g/mol. The van der Waals surface area contributed by atoms with Crippen LogP contribution in [0.5, 0.6) is 11.5 Å². The zero-order valence-corrected chi connectivity index (χ0v) is 12.6. The summed E-state index contributed by atoms with van der Waals surface area (Å²) in [5, 5.41) is 18.6. The van der Waals surface area contributed by atoms with Crippen LogP contribution in [0.1, 0.15) is 20.7 Å². The second-order valence-electron chi connectivity index (χ2n) is 4.47. The maximum absolute atomic E-state index is 11.1. The number of carboxylic acids is 2. The van der Waals surface area contributed by atoms with Crippen LogP contribution < -0.4 is 9.47 Å². The van der Waals surface area contributed by atoms with Crippen molar-refractivity contribution in [3.8, 4) is 11.5 Å². The van der Waals surface area contributed by atoms with Gasteiger partial charge in [-0.3, -0.25) is 0 Å². The number of hydrogen-bond donors (Lipinski definition) is 2. The van der Waals surface area contributed by atoms with Gasteiger partial charge in [0.2, 0.25) is 0 Å². The highest BCUT2D eigenvalue weighted by Crippen LogP contribution is 2.19. The predicted octanol–water partition coefficient (Wildman–Crippen LogP) is 3.19. The quantitative estimate of drug-likeness (QED) is 0.754. The number of benzene rings is 2. The fraction of sp³-hybridized carbons (Fsp3) is 0.125. The molecule has 0 atom stereocenters. The Morgan fingerprint density at radius 2 is 1.35 bits per heavy atom. The Balaban J connectivity index is 1.93. The molecule has 2 rings (SSSR count). The number of hydrogen-bond acceptors (Lipinski definition) is 4. The number of carbonyl (C=O) groups is 2. The zero-order chi connectivity index (χ0) is 16.8. The molecule has 6 nitrogen and oxygen atoms in total. The van der Waals surface area contributed by atoms with Gasteiger partial charge in [-0.2, -0.15) is 0 Å². The molecule has 0 unspecified atom stereocenters. The van der Waals surface area contributed by atoms with Gasteiger partial charge in [-0.1, -0.05) is 11.6 Å². The molecule has 0 amide bonds. The number of carboxylic acid groups (broad SMARTS) is 2. The minimum absolute atomic E-state index is 0.175. The Morgan fingerprint density at radius 3 is 1.91 bits per heavy atom. The highest BCUT2D eigenvalue weighted by molar-refractivity contribution is 6.30. The molecule has 2 N–H and O–H groups in total. The van der Waals surface area contributed by atoms with E-state index >= 15 is 0 Å². The third kappa shape index (κ3) is 4.62. The molecule has 2 aromatic carbocycles. The Kier molecular flexibility index (Phi) is 5.43. The first kappa shape index (κ1) is 16.6. The van der Waals surface area contributed by atoms with Gasteiger partial charge in [0.15, 0.2) is 0 Å². The molecule has 0 aliphatic rings.